The van der Waals surface area contributed by atoms with Crippen LogP contribution in [0.5, 0.6) is 0 Å². The zero-order valence-electron chi connectivity index (χ0n) is 10.7. The van der Waals surface area contributed by atoms with E-state index in [1.54, 1.807) is 6.26 Å². The van der Waals surface area contributed by atoms with Gasteiger partial charge in [0.2, 0.25) is 5.91 Å². The molecule has 104 valence electrons. The predicted molar refractivity (Wildman–Crippen MR) is 69.6 cm³/mol. The van der Waals surface area contributed by atoms with Gasteiger partial charge in [0.25, 0.3) is 0 Å². The number of rotatable bonds is 6. The number of amides is 1. The van der Waals surface area contributed by atoms with Crippen molar-refractivity contribution >= 4 is 22.7 Å². The molecule has 1 aliphatic carbocycles. The lowest BCUT2D eigenvalue weighted by molar-refractivity contribution is -0.144. The van der Waals surface area contributed by atoms with Crippen molar-refractivity contribution in [3.63, 3.8) is 0 Å². The van der Waals surface area contributed by atoms with Gasteiger partial charge in [0.15, 0.2) is 0 Å². The minimum Gasteiger partial charge on any atom is -0.481 e. The Bertz CT molecular complexity index is 324. The van der Waals surface area contributed by atoms with Crippen LogP contribution in [0.3, 0.4) is 0 Å². The Morgan fingerprint density at radius 3 is 2.28 bits per heavy atom. The number of carbonyl (C=O) groups is 2. The first kappa shape index (κ1) is 15.1. The molecule has 0 aromatic carbocycles. The smallest absolute Gasteiger partial charge is 0.306 e. The Balaban J connectivity index is 2.20. The third kappa shape index (κ3) is 5.16. The Kier molecular flexibility index (Phi) is 6.32. The minimum atomic E-state index is -0.812. The molecule has 1 fully saturated rings. The van der Waals surface area contributed by atoms with Gasteiger partial charge >= 0.3 is 5.97 Å². The number of nitrogens with one attached hydrogen (secondary N) is 1. The Labute approximate surface area is 110 Å². The van der Waals surface area contributed by atoms with Crippen molar-refractivity contribution in [3.8, 4) is 0 Å². The van der Waals surface area contributed by atoms with Crippen molar-refractivity contribution in [2.24, 2.45) is 11.8 Å². The van der Waals surface area contributed by atoms with Gasteiger partial charge in [0.05, 0.1) is 5.92 Å². The molecule has 0 radical (unpaired) electrons. The van der Waals surface area contributed by atoms with Crippen molar-refractivity contribution in [1.82, 2.24) is 5.32 Å². The molecule has 18 heavy (non-hydrogen) atoms. The molecule has 2 N–H and O–H groups in total. The summed E-state index contributed by atoms with van der Waals surface area (Å²) in [6.45, 7) is 0.553. The van der Waals surface area contributed by atoms with Crippen LogP contribution in [0, 0.1) is 11.8 Å². The van der Waals surface area contributed by atoms with Gasteiger partial charge < -0.3 is 10.4 Å². The van der Waals surface area contributed by atoms with Gasteiger partial charge in [-0.25, -0.2) is 0 Å². The molecule has 0 heterocycles. The fourth-order valence-corrected chi connectivity index (χ4v) is 2.78. The molecule has 5 nitrogen and oxygen atoms in total. The molecule has 0 spiro atoms. The molecule has 1 unspecified atom stereocenters. The first-order chi connectivity index (χ1) is 8.50. The van der Waals surface area contributed by atoms with E-state index in [1.165, 1.54) is 0 Å². The molecule has 1 rings (SSSR count). The van der Waals surface area contributed by atoms with Crippen LogP contribution in [0.2, 0.25) is 0 Å². The molecule has 1 saturated carbocycles. The largest absolute Gasteiger partial charge is 0.481 e. The number of carboxylic acid groups (broad SMARTS) is 1. The lowest BCUT2D eigenvalue weighted by Crippen LogP contribution is -2.35. The van der Waals surface area contributed by atoms with Gasteiger partial charge in [0, 0.05) is 35.3 Å². The topological polar surface area (TPSA) is 83.5 Å². The minimum absolute atomic E-state index is 0.0146. The van der Waals surface area contributed by atoms with Crippen molar-refractivity contribution < 1.29 is 18.9 Å². The molecule has 1 amide bonds. The molecule has 0 aromatic heterocycles. The lowest BCUT2D eigenvalue weighted by Gasteiger charge is -2.25. The Morgan fingerprint density at radius 1 is 1.22 bits per heavy atom. The van der Waals surface area contributed by atoms with Crippen LogP contribution in [-0.4, -0.2) is 39.7 Å². The van der Waals surface area contributed by atoms with Gasteiger partial charge in [-0.1, -0.05) is 0 Å². The zero-order chi connectivity index (χ0) is 13.5. The molecular weight excluding hydrogens is 254 g/mol. The second kappa shape index (κ2) is 7.51. The summed E-state index contributed by atoms with van der Waals surface area (Å²) in [4.78, 5) is 22.6. The van der Waals surface area contributed by atoms with Crippen LogP contribution in [0.4, 0.5) is 0 Å². The summed E-state index contributed by atoms with van der Waals surface area (Å²) >= 11 is 0. The summed E-state index contributed by atoms with van der Waals surface area (Å²) < 4.78 is 10.8. The fraction of sp³-hybridized carbons (Fsp3) is 0.833. The van der Waals surface area contributed by atoms with E-state index in [9.17, 15) is 13.8 Å². The average molecular weight is 275 g/mol. The maximum Gasteiger partial charge on any atom is 0.306 e. The highest BCUT2D eigenvalue weighted by molar-refractivity contribution is 7.84. The first-order valence-electron chi connectivity index (χ1n) is 6.31. The Hall–Kier alpha value is -0.910. The summed E-state index contributed by atoms with van der Waals surface area (Å²) in [6, 6.07) is 0. The monoisotopic (exact) mass is 275 g/mol. The van der Waals surface area contributed by atoms with Crippen LogP contribution in [0.25, 0.3) is 0 Å². The quantitative estimate of drug-likeness (QED) is 0.701. The van der Waals surface area contributed by atoms with Crippen LogP contribution < -0.4 is 5.32 Å². The van der Waals surface area contributed by atoms with Gasteiger partial charge in [-0.2, -0.15) is 0 Å². The van der Waals surface area contributed by atoms with Crippen LogP contribution in [0.1, 0.15) is 32.1 Å². The van der Waals surface area contributed by atoms with Crippen LogP contribution >= 0.6 is 0 Å². The van der Waals surface area contributed by atoms with E-state index in [0.29, 0.717) is 38.0 Å². The second-order valence-electron chi connectivity index (χ2n) is 4.81. The normalized spacial score (nSPS) is 25.4. The molecule has 1 atom stereocenters. The first-order valence-corrected chi connectivity index (χ1v) is 8.04. The predicted octanol–water partition coefficient (Wildman–Crippen LogP) is 0.762. The summed E-state index contributed by atoms with van der Waals surface area (Å²) in [5, 5.41) is 11.7. The molecule has 0 aromatic rings. The van der Waals surface area contributed by atoms with Gasteiger partial charge in [-0.15, -0.1) is 0 Å². The standard InChI is InChI=1S/C12H21NO4S/c1-18(17)8-2-7-13-11(14)9-3-5-10(6-4-9)12(15)16/h9-10H,2-8H2,1H3,(H,13,14)(H,15,16). The van der Waals surface area contributed by atoms with E-state index in [1.807, 2.05) is 0 Å². The number of carbonyl (C=O) groups excluding carboxylic acids is 1. The Morgan fingerprint density at radius 2 is 1.78 bits per heavy atom. The summed E-state index contributed by atoms with van der Waals surface area (Å²) in [5.41, 5.74) is 0. The molecule has 1 aliphatic rings. The maximum atomic E-state index is 11.8. The summed E-state index contributed by atoms with van der Waals surface area (Å²) in [5.74, 6) is -0.462. The third-order valence-electron chi connectivity index (χ3n) is 3.36. The third-order valence-corrected chi connectivity index (χ3v) is 4.22. The number of hydrogen-bond donors (Lipinski definition) is 2. The zero-order valence-corrected chi connectivity index (χ0v) is 11.5. The van der Waals surface area contributed by atoms with E-state index in [2.05, 4.69) is 5.32 Å². The van der Waals surface area contributed by atoms with Crippen molar-refractivity contribution in [3.05, 3.63) is 0 Å². The van der Waals surface area contributed by atoms with E-state index in [4.69, 9.17) is 5.11 Å². The second-order valence-corrected chi connectivity index (χ2v) is 6.36. The number of carboxylic acids is 1. The molecular formula is C12H21NO4S. The molecule has 0 saturated heterocycles. The van der Waals surface area contributed by atoms with E-state index in [-0.39, 0.29) is 17.7 Å². The molecule has 0 bridgehead atoms. The molecule has 0 aliphatic heterocycles. The van der Waals surface area contributed by atoms with E-state index < -0.39 is 16.8 Å². The number of aliphatic carboxylic acids is 1. The summed E-state index contributed by atoms with van der Waals surface area (Å²) in [6.07, 6.45) is 4.86. The maximum absolute atomic E-state index is 11.8. The number of hydrogen-bond acceptors (Lipinski definition) is 3. The van der Waals surface area contributed by atoms with E-state index >= 15 is 0 Å². The van der Waals surface area contributed by atoms with Crippen molar-refractivity contribution in [2.75, 3.05) is 18.6 Å². The van der Waals surface area contributed by atoms with Crippen molar-refractivity contribution in [2.45, 2.75) is 32.1 Å². The van der Waals surface area contributed by atoms with Crippen LogP contribution in [-0.2, 0) is 20.4 Å². The highest BCUT2D eigenvalue weighted by atomic mass is 32.2. The highest BCUT2D eigenvalue weighted by Crippen LogP contribution is 2.28. The summed E-state index contributed by atoms with van der Waals surface area (Å²) in [7, 11) is -0.812. The SMILES string of the molecule is CS(=O)CCCNC(=O)C1CCC(C(=O)O)CC1. The average Bonchev–Trinajstić information content (AvgIpc) is 2.34. The lowest BCUT2D eigenvalue weighted by atomic mass is 9.81. The highest BCUT2D eigenvalue weighted by Gasteiger charge is 2.29. The molecule has 6 heteroatoms. The van der Waals surface area contributed by atoms with E-state index in [0.717, 1.165) is 6.42 Å². The fourth-order valence-electron chi connectivity index (χ4n) is 2.23. The van der Waals surface area contributed by atoms with Gasteiger partial charge in [-0.3, -0.25) is 13.8 Å². The van der Waals surface area contributed by atoms with Crippen molar-refractivity contribution in [1.29, 1.82) is 0 Å². The van der Waals surface area contributed by atoms with Gasteiger partial charge in [-0.05, 0) is 32.1 Å². The van der Waals surface area contributed by atoms with Gasteiger partial charge in [0.1, 0.15) is 0 Å². The van der Waals surface area contributed by atoms with Crippen LogP contribution in [0.15, 0.2) is 0 Å².